The third kappa shape index (κ3) is 3.68. The lowest BCUT2D eigenvalue weighted by atomic mass is 9.98. The van der Waals surface area contributed by atoms with Crippen molar-refractivity contribution >= 4 is 40.6 Å². The molecule has 1 aromatic heterocycles. The zero-order valence-electron chi connectivity index (χ0n) is 15.2. The molecule has 5 heteroatoms. The second-order valence-electron chi connectivity index (χ2n) is 6.67. The minimum atomic E-state index is 0.0469. The molecule has 0 fully saturated rings. The average Bonchev–Trinajstić information content (AvgIpc) is 3.10. The highest BCUT2D eigenvalue weighted by molar-refractivity contribution is 6.33. The molecule has 28 heavy (non-hydrogen) atoms. The van der Waals surface area contributed by atoms with E-state index in [9.17, 15) is 4.79 Å². The maximum Gasteiger partial charge on any atom is 0.222 e. The van der Waals surface area contributed by atoms with Gasteiger partial charge in [-0.05, 0) is 46.9 Å². The summed E-state index contributed by atoms with van der Waals surface area (Å²) < 4.78 is 5.38. The number of hydrogen-bond acceptors (Lipinski definition) is 3. The van der Waals surface area contributed by atoms with Gasteiger partial charge in [0.25, 0.3) is 0 Å². The van der Waals surface area contributed by atoms with E-state index >= 15 is 0 Å². The van der Waals surface area contributed by atoms with Crippen molar-refractivity contribution in [2.24, 2.45) is 0 Å². The van der Waals surface area contributed by atoms with Gasteiger partial charge in [-0.2, -0.15) is 0 Å². The van der Waals surface area contributed by atoms with Gasteiger partial charge in [-0.1, -0.05) is 59.6 Å². The molecule has 0 saturated carbocycles. The number of hydrogen-bond donors (Lipinski definition) is 0. The van der Waals surface area contributed by atoms with Crippen LogP contribution in [0.25, 0.3) is 11.6 Å². The third-order valence-corrected chi connectivity index (χ3v) is 5.36. The first kappa shape index (κ1) is 18.7. The Hall–Kier alpha value is -2.62. The van der Waals surface area contributed by atoms with Gasteiger partial charge in [0.1, 0.15) is 0 Å². The van der Waals surface area contributed by atoms with Crippen LogP contribution in [0.3, 0.4) is 0 Å². The van der Waals surface area contributed by atoms with Gasteiger partial charge in [0.15, 0.2) is 5.78 Å². The van der Waals surface area contributed by atoms with E-state index in [0.29, 0.717) is 27.9 Å². The molecule has 2 aromatic carbocycles. The van der Waals surface area contributed by atoms with Crippen molar-refractivity contribution in [2.75, 3.05) is 7.11 Å². The molecular weight excluding hydrogens is 393 g/mol. The lowest BCUT2D eigenvalue weighted by molar-refractivity contribution is 0.0993. The predicted octanol–water partition coefficient (Wildman–Crippen LogP) is 5.92. The number of carbonyl (C=O) groups is 1. The standard InChI is InChI=1S/C23H17Cl2NO2/c1-28-23-22(20(25)7-8-26-23)18-11-15-6-5-14(9-17(15)12-18)10-21(27)16-3-2-4-19(24)13-16/h2-9,11,13H,10,12H2,1H3. The van der Waals surface area contributed by atoms with Gasteiger partial charge in [-0.3, -0.25) is 4.79 Å². The molecule has 0 bridgehead atoms. The molecule has 3 aromatic rings. The number of methoxy groups -OCH3 is 1. The first-order chi connectivity index (χ1) is 13.5. The topological polar surface area (TPSA) is 39.2 Å². The summed E-state index contributed by atoms with van der Waals surface area (Å²) in [6, 6.07) is 14.9. The lowest BCUT2D eigenvalue weighted by Gasteiger charge is -2.10. The third-order valence-electron chi connectivity index (χ3n) is 4.81. The van der Waals surface area contributed by atoms with Crippen LogP contribution in [0.1, 0.15) is 32.6 Å². The van der Waals surface area contributed by atoms with Crippen molar-refractivity contribution in [1.82, 2.24) is 4.98 Å². The number of ketones is 1. The summed E-state index contributed by atoms with van der Waals surface area (Å²) in [5, 5.41) is 1.18. The normalized spacial score (nSPS) is 12.5. The number of allylic oxidation sites excluding steroid dienone is 1. The van der Waals surface area contributed by atoms with Crippen molar-refractivity contribution in [3.8, 4) is 5.88 Å². The van der Waals surface area contributed by atoms with E-state index in [0.717, 1.165) is 34.2 Å². The maximum absolute atomic E-state index is 12.6. The van der Waals surface area contributed by atoms with Crippen LogP contribution in [-0.4, -0.2) is 17.9 Å². The molecule has 0 saturated heterocycles. The van der Waals surface area contributed by atoms with E-state index in [-0.39, 0.29) is 5.78 Å². The summed E-state index contributed by atoms with van der Waals surface area (Å²) in [5.74, 6) is 0.563. The molecule has 140 valence electrons. The smallest absolute Gasteiger partial charge is 0.222 e. The molecule has 1 aliphatic carbocycles. The fourth-order valence-electron chi connectivity index (χ4n) is 3.48. The number of halogens is 2. The van der Waals surface area contributed by atoms with Gasteiger partial charge >= 0.3 is 0 Å². The Balaban J connectivity index is 1.57. The van der Waals surface area contributed by atoms with E-state index in [4.69, 9.17) is 27.9 Å². The SMILES string of the molecule is COc1nccc(Cl)c1C1=Cc2ccc(CC(=O)c3cccc(Cl)c3)cc2C1. The number of ether oxygens (including phenoxy) is 1. The largest absolute Gasteiger partial charge is 0.481 e. The molecule has 0 radical (unpaired) electrons. The predicted molar refractivity (Wildman–Crippen MR) is 113 cm³/mol. The van der Waals surface area contributed by atoms with E-state index in [1.807, 2.05) is 12.1 Å². The van der Waals surface area contributed by atoms with Crippen LogP contribution >= 0.6 is 23.2 Å². The molecular formula is C23H17Cl2NO2. The molecule has 0 atom stereocenters. The summed E-state index contributed by atoms with van der Waals surface area (Å²) in [4.78, 5) is 16.8. The molecule has 1 heterocycles. The van der Waals surface area contributed by atoms with E-state index in [2.05, 4.69) is 17.1 Å². The second-order valence-corrected chi connectivity index (χ2v) is 7.51. The van der Waals surface area contributed by atoms with Crippen LogP contribution < -0.4 is 4.74 Å². The Kier molecular flexibility index (Phi) is 5.21. The van der Waals surface area contributed by atoms with Crippen molar-refractivity contribution in [3.05, 3.63) is 92.6 Å². The van der Waals surface area contributed by atoms with Crippen molar-refractivity contribution in [2.45, 2.75) is 12.8 Å². The summed E-state index contributed by atoms with van der Waals surface area (Å²) in [6.07, 6.45) is 4.78. The average molecular weight is 410 g/mol. The Morgan fingerprint density at radius 3 is 2.79 bits per heavy atom. The molecule has 0 unspecified atom stereocenters. The van der Waals surface area contributed by atoms with Crippen molar-refractivity contribution in [1.29, 1.82) is 0 Å². The van der Waals surface area contributed by atoms with Gasteiger partial charge in [0.2, 0.25) is 5.88 Å². The fraction of sp³-hybridized carbons (Fsp3) is 0.130. The zero-order chi connectivity index (χ0) is 19.7. The molecule has 0 N–H and O–H groups in total. The van der Waals surface area contributed by atoms with E-state index in [1.54, 1.807) is 43.6 Å². The van der Waals surface area contributed by atoms with Crippen LogP contribution in [0.15, 0.2) is 54.7 Å². The summed E-state index contributed by atoms with van der Waals surface area (Å²) in [7, 11) is 1.59. The lowest BCUT2D eigenvalue weighted by Crippen LogP contribution is -2.04. The molecule has 0 spiro atoms. The number of aromatic nitrogens is 1. The Bertz CT molecular complexity index is 1110. The minimum Gasteiger partial charge on any atom is -0.481 e. The Morgan fingerprint density at radius 2 is 2.00 bits per heavy atom. The number of nitrogens with zero attached hydrogens (tertiary/aromatic N) is 1. The number of benzene rings is 2. The number of fused-ring (bicyclic) bond motifs is 1. The van der Waals surface area contributed by atoms with E-state index in [1.165, 1.54) is 0 Å². The highest BCUT2D eigenvalue weighted by Crippen LogP contribution is 2.39. The first-order valence-electron chi connectivity index (χ1n) is 8.85. The number of pyridine rings is 1. The van der Waals surface area contributed by atoms with Gasteiger partial charge in [-0.15, -0.1) is 0 Å². The molecule has 0 aliphatic heterocycles. The van der Waals surface area contributed by atoms with Crippen LogP contribution in [0, 0.1) is 0 Å². The monoisotopic (exact) mass is 409 g/mol. The van der Waals surface area contributed by atoms with Crippen molar-refractivity contribution in [3.63, 3.8) is 0 Å². The number of rotatable bonds is 5. The molecule has 4 rings (SSSR count). The van der Waals surface area contributed by atoms with E-state index < -0.39 is 0 Å². The maximum atomic E-state index is 12.6. The molecule has 3 nitrogen and oxygen atoms in total. The van der Waals surface area contributed by atoms with Gasteiger partial charge in [0.05, 0.1) is 17.7 Å². The Morgan fingerprint density at radius 1 is 1.14 bits per heavy atom. The van der Waals surface area contributed by atoms with Crippen LogP contribution in [0.4, 0.5) is 0 Å². The summed E-state index contributed by atoms with van der Waals surface area (Å²) >= 11 is 12.4. The van der Waals surface area contributed by atoms with Crippen LogP contribution in [0.5, 0.6) is 5.88 Å². The quantitative estimate of drug-likeness (QED) is 0.490. The van der Waals surface area contributed by atoms with Crippen molar-refractivity contribution < 1.29 is 9.53 Å². The highest BCUT2D eigenvalue weighted by Gasteiger charge is 2.21. The fourth-order valence-corrected chi connectivity index (χ4v) is 3.93. The van der Waals surface area contributed by atoms with Gasteiger partial charge in [0, 0.05) is 23.2 Å². The Labute approximate surface area is 173 Å². The number of carbonyl (C=O) groups excluding carboxylic acids is 1. The second kappa shape index (κ2) is 7.78. The number of Topliss-reactive ketones (excluding diaryl/α,β-unsaturated/α-hetero) is 1. The summed E-state index contributed by atoms with van der Waals surface area (Å²) in [6.45, 7) is 0. The van der Waals surface area contributed by atoms with Crippen LogP contribution in [0.2, 0.25) is 10.0 Å². The van der Waals surface area contributed by atoms with Crippen LogP contribution in [-0.2, 0) is 12.8 Å². The minimum absolute atomic E-state index is 0.0469. The highest BCUT2D eigenvalue weighted by atomic mass is 35.5. The first-order valence-corrected chi connectivity index (χ1v) is 9.61. The zero-order valence-corrected chi connectivity index (χ0v) is 16.7. The summed E-state index contributed by atoms with van der Waals surface area (Å²) in [5.41, 5.74) is 5.76. The molecule has 1 aliphatic rings. The van der Waals surface area contributed by atoms with Gasteiger partial charge in [-0.25, -0.2) is 4.98 Å². The van der Waals surface area contributed by atoms with Gasteiger partial charge < -0.3 is 4.74 Å². The molecule has 0 amide bonds.